The number of hydrogen-bond donors (Lipinski definition) is 3. The maximum Gasteiger partial charge on any atom is 0.472 e. The predicted octanol–water partition coefficient (Wildman–Crippen LogP) is 16.4. The molecule has 0 heterocycles. The molecule has 5 atom stereocenters. The quantitative estimate of drug-likeness (QED) is 0.0222. The van der Waals surface area contributed by atoms with Gasteiger partial charge < -0.3 is 33.8 Å². The second-order valence-electron chi connectivity index (χ2n) is 21.7. The smallest absolute Gasteiger partial charge is 0.462 e. The molecular formula is C60H116O17P2. The highest BCUT2D eigenvalue weighted by Crippen LogP contribution is 2.45. The van der Waals surface area contributed by atoms with E-state index in [4.69, 9.17) is 37.0 Å². The first kappa shape index (κ1) is 77.1. The fourth-order valence-electron chi connectivity index (χ4n) is 8.93. The highest BCUT2D eigenvalue weighted by atomic mass is 31.2. The van der Waals surface area contributed by atoms with Crippen molar-refractivity contribution in [1.82, 2.24) is 0 Å². The van der Waals surface area contributed by atoms with Gasteiger partial charge in [0.2, 0.25) is 0 Å². The lowest BCUT2D eigenvalue weighted by molar-refractivity contribution is -0.161. The predicted molar refractivity (Wildman–Crippen MR) is 312 cm³/mol. The third-order valence-corrected chi connectivity index (χ3v) is 15.8. The summed E-state index contributed by atoms with van der Waals surface area (Å²) in [5.74, 6) is -2.14. The van der Waals surface area contributed by atoms with Gasteiger partial charge >= 0.3 is 39.5 Å². The molecule has 468 valence electrons. The van der Waals surface area contributed by atoms with E-state index in [0.29, 0.717) is 25.7 Å². The normalized spacial score (nSPS) is 14.3. The lowest BCUT2D eigenvalue weighted by Crippen LogP contribution is -2.30. The van der Waals surface area contributed by atoms with Crippen LogP contribution in [0.4, 0.5) is 0 Å². The fraction of sp³-hybridized carbons (Fsp3) is 0.933. The zero-order valence-corrected chi connectivity index (χ0v) is 52.1. The summed E-state index contributed by atoms with van der Waals surface area (Å²) in [6.45, 7) is 4.80. The summed E-state index contributed by atoms with van der Waals surface area (Å²) in [7, 11) is -9.87. The first-order valence-electron chi connectivity index (χ1n) is 31.8. The number of esters is 4. The van der Waals surface area contributed by atoms with Crippen LogP contribution in [0.3, 0.4) is 0 Å². The molecule has 0 aliphatic heterocycles. The van der Waals surface area contributed by atoms with Gasteiger partial charge in [-0.05, 0) is 25.7 Å². The molecule has 3 N–H and O–H groups in total. The third-order valence-electron chi connectivity index (χ3n) is 13.9. The van der Waals surface area contributed by atoms with Gasteiger partial charge in [0, 0.05) is 25.7 Å². The maximum absolute atomic E-state index is 12.9. The van der Waals surface area contributed by atoms with E-state index in [1.54, 1.807) is 0 Å². The Bertz CT molecular complexity index is 1540. The molecule has 0 aliphatic carbocycles. The minimum absolute atomic E-state index is 0.106. The Labute approximate surface area is 479 Å². The third kappa shape index (κ3) is 55.0. The molecule has 0 aromatic heterocycles. The number of hydrogen-bond acceptors (Lipinski definition) is 15. The average Bonchev–Trinajstić information content (AvgIpc) is 3.42. The van der Waals surface area contributed by atoms with Gasteiger partial charge in [-0.2, -0.15) is 0 Å². The molecule has 0 saturated carbocycles. The van der Waals surface area contributed by atoms with Gasteiger partial charge in [-0.3, -0.25) is 37.3 Å². The van der Waals surface area contributed by atoms with Crippen LogP contribution in [0.5, 0.6) is 0 Å². The highest BCUT2D eigenvalue weighted by Gasteiger charge is 2.30. The Morgan fingerprint density at radius 1 is 0.304 bits per heavy atom. The molecular weight excluding hydrogens is 1050 g/mol. The summed E-state index contributed by atoms with van der Waals surface area (Å²) in [6, 6.07) is 0. The second kappa shape index (κ2) is 55.3. The molecule has 0 fully saturated rings. The lowest BCUT2D eigenvalue weighted by atomic mass is 10.0. The second-order valence-corrected chi connectivity index (χ2v) is 24.6. The summed E-state index contributed by atoms with van der Waals surface area (Å²) in [4.78, 5) is 71.8. The van der Waals surface area contributed by atoms with Crippen molar-refractivity contribution in [2.45, 2.75) is 322 Å². The van der Waals surface area contributed by atoms with E-state index in [1.165, 1.54) is 122 Å². The number of carbonyl (C=O) groups is 4. The summed E-state index contributed by atoms with van der Waals surface area (Å²) in [5, 5.41) is 10.5. The summed E-state index contributed by atoms with van der Waals surface area (Å²) in [6.07, 6.45) is 39.0. The van der Waals surface area contributed by atoms with Crippen LogP contribution in [0.1, 0.15) is 304 Å². The van der Waals surface area contributed by atoms with E-state index in [1.807, 2.05) is 0 Å². The first-order chi connectivity index (χ1) is 38.2. The Balaban J connectivity index is 5.19. The number of aliphatic hydroxyl groups is 1. The molecule has 2 unspecified atom stereocenters. The van der Waals surface area contributed by atoms with Gasteiger partial charge in [-0.15, -0.1) is 0 Å². The molecule has 0 saturated heterocycles. The van der Waals surface area contributed by atoms with Crippen LogP contribution >= 0.6 is 15.6 Å². The van der Waals surface area contributed by atoms with E-state index >= 15 is 0 Å². The highest BCUT2D eigenvalue weighted by molar-refractivity contribution is 7.47. The molecule has 17 nitrogen and oxygen atoms in total. The van der Waals surface area contributed by atoms with Gasteiger partial charge in [0.15, 0.2) is 12.2 Å². The Morgan fingerprint density at radius 2 is 0.506 bits per heavy atom. The van der Waals surface area contributed by atoms with Crippen molar-refractivity contribution in [2.75, 3.05) is 39.6 Å². The molecule has 0 spiro atoms. The van der Waals surface area contributed by atoms with Crippen molar-refractivity contribution >= 4 is 39.5 Å². The number of phosphoric acid groups is 2. The summed E-state index contributed by atoms with van der Waals surface area (Å²) >= 11 is 0. The molecule has 0 aliphatic rings. The SMILES string of the molecule is CCCCCCCCCCCCCCCCC(=O)O[C@H](COC(=O)CCCCCCCCCCC)COP(=O)(O)OC[C@@H](O)COP(=O)(O)OC[C@@H](COC(=O)CCCCCCCCC)OC(=O)CCCCCCCCCCC. The van der Waals surface area contributed by atoms with Crippen LogP contribution in [-0.4, -0.2) is 96.7 Å². The van der Waals surface area contributed by atoms with Gasteiger partial charge in [0.25, 0.3) is 0 Å². The topological polar surface area (TPSA) is 237 Å². The molecule has 0 radical (unpaired) electrons. The lowest BCUT2D eigenvalue weighted by Gasteiger charge is -2.21. The molecule has 0 amide bonds. The number of rotatable bonds is 61. The number of aliphatic hydroxyl groups excluding tert-OH is 1. The average molecular weight is 1170 g/mol. The van der Waals surface area contributed by atoms with Gasteiger partial charge in [0.05, 0.1) is 26.4 Å². The van der Waals surface area contributed by atoms with E-state index in [0.717, 1.165) is 103 Å². The van der Waals surface area contributed by atoms with Crippen LogP contribution < -0.4 is 0 Å². The van der Waals surface area contributed by atoms with Crippen molar-refractivity contribution in [1.29, 1.82) is 0 Å². The van der Waals surface area contributed by atoms with Crippen LogP contribution in [-0.2, 0) is 65.4 Å². The van der Waals surface area contributed by atoms with Gasteiger partial charge in [-0.1, -0.05) is 252 Å². The Morgan fingerprint density at radius 3 is 0.747 bits per heavy atom. The van der Waals surface area contributed by atoms with Crippen molar-refractivity contribution in [3.8, 4) is 0 Å². The molecule has 0 rings (SSSR count). The zero-order valence-electron chi connectivity index (χ0n) is 50.3. The Hall–Kier alpha value is -1.94. The maximum atomic E-state index is 12.9. The van der Waals surface area contributed by atoms with E-state index in [2.05, 4.69) is 27.7 Å². The van der Waals surface area contributed by atoms with Crippen LogP contribution in [0.25, 0.3) is 0 Å². The van der Waals surface area contributed by atoms with Crippen molar-refractivity contribution < 1.29 is 80.2 Å². The standard InChI is InChI=1S/C60H116O17P2/c1-5-9-13-17-21-24-25-26-27-28-31-35-39-43-47-60(65)77-56(51-71-58(63)45-41-37-33-29-22-18-14-10-6-2)53-75-79(68,69)73-49-54(61)48-72-78(66,67)74-52-55(50-70-57(62)44-40-36-32-20-16-12-8-4)76-59(64)46-42-38-34-30-23-19-15-11-7-3/h54-56,61H,5-53H2,1-4H3,(H,66,67)(H,68,69)/t54-,55+,56+/m0/s1. The van der Waals surface area contributed by atoms with Crippen molar-refractivity contribution in [3.05, 3.63) is 0 Å². The number of carbonyl (C=O) groups excluding carboxylic acids is 4. The molecule has 79 heavy (non-hydrogen) atoms. The minimum Gasteiger partial charge on any atom is -0.462 e. The van der Waals surface area contributed by atoms with Crippen LogP contribution in [0, 0.1) is 0 Å². The molecule has 0 bridgehead atoms. The van der Waals surface area contributed by atoms with Crippen LogP contribution in [0.15, 0.2) is 0 Å². The van der Waals surface area contributed by atoms with Crippen molar-refractivity contribution in [3.63, 3.8) is 0 Å². The molecule has 0 aromatic rings. The first-order valence-corrected chi connectivity index (χ1v) is 34.8. The molecule has 19 heteroatoms. The molecule has 0 aromatic carbocycles. The number of unbranched alkanes of at least 4 members (excludes halogenated alkanes) is 35. The Kier molecular flexibility index (Phi) is 53.9. The summed E-state index contributed by atoms with van der Waals surface area (Å²) < 4.78 is 67.7. The summed E-state index contributed by atoms with van der Waals surface area (Å²) in [5.41, 5.74) is 0. The van der Waals surface area contributed by atoms with Crippen molar-refractivity contribution in [2.24, 2.45) is 0 Å². The fourth-order valence-corrected chi connectivity index (χ4v) is 10.5. The van der Waals surface area contributed by atoms with Gasteiger partial charge in [0.1, 0.15) is 19.3 Å². The van der Waals surface area contributed by atoms with E-state index in [9.17, 15) is 43.2 Å². The van der Waals surface area contributed by atoms with E-state index < -0.39 is 97.5 Å². The number of ether oxygens (including phenoxy) is 4. The number of phosphoric ester groups is 2. The van der Waals surface area contributed by atoms with E-state index in [-0.39, 0.29) is 25.7 Å². The van der Waals surface area contributed by atoms with Crippen LogP contribution in [0.2, 0.25) is 0 Å². The van der Waals surface area contributed by atoms with Gasteiger partial charge in [-0.25, -0.2) is 9.13 Å². The minimum atomic E-state index is -4.94. The monoisotopic (exact) mass is 1170 g/mol. The zero-order chi connectivity index (χ0) is 58.3. The largest absolute Gasteiger partial charge is 0.472 e.